The molecule has 0 fully saturated rings. The molecule has 0 saturated carbocycles. The molecule has 2 N–H and O–H groups in total. The van der Waals surface area contributed by atoms with Gasteiger partial charge in [0.15, 0.2) is 0 Å². The molecule has 0 aliphatic carbocycles. The highest BCUT2D eigenvalue weighted by molar-refractivity contribution is 5.84. The van der Waals surface area contributed by atoms with E-state index in [1.807, 2.05) is 0 Å². The van der Waals surface area contributed by atoms with Crippen LogP contribution in [0.4, 0.5) is 18.4 Å². The topological polar surface area (TPSA) is 146 Å². The monoisotopic (exact) mass is 652 g/mol. The number of amides is 2. The first-order valence-corrected chi connectivity index (χ1v) is 15.3. The van der Waals surface area contributed by atoms with Crippen LogP contribution in [0.5, 0.6) is 0 Å². The summed E-state index contributed by atoms with van der Waals surface area (Å²) in [7, 11) is 0. The maximum absolute atomic E-state index is 13.4. The number of ketones is 1. The summed E-state index contributed by atoms with van der Waals surface area (Å²) in [5.41, 5.74) is -2.87. The van der Waals surface area contributed by atoms with E-state index in [0.29, 0.717) is 6.42 Å². The number of alkyl carbamates (subject to hydrolysis) is 2. The minimum Gasteiger partial charge on any atom is -0.458 e. The van der Waals surface area contributed by atoms with E-state index in [0.717, 1.165) is 0 Å². The van der Waals surface area contributed by atoms with Gasteiger partial charge < -0.3 is 29.6 Å². The third kappa shape index (κ3) is 26.0. The Morgan fingerprint density at radius 3 is 1.20 bits per heavy atom. The summed E-state index contributed by atoms with van der Waals surface area (Å²) in [6.45, 7) is 23.5. The Kier molecular flexibility index (Phi) is 17.9. The predicted octanol–water partition coefficient (Wildman–Crippen LogP) is 7.03. The van der Waals surface area contributed by atoms with E-state index in [2.05, 4.69) is 10.6 Å². The number of Topliss-reactive ketones (excluding diaryl/α,β-unsaturated/α-hetero) is 1. The lowest BCUT2D eigenvalue weighted by molar-refractivity contribution is -0.159. The molecule has 0 aliphatic heterocycles. The highest BCUT2D eigenvalue weighted by Crippen LogP contribution is 2.25. The second-order valence-corrected chi connectivity index (χ2v) is 14.6. The van der Waals surface area contributed by atoms with Crippen molar-refractivity contribution >= 4 is 29.9 Å². The van der Waals surface area contributed by atoms with Gasteiger partial charge in [0.1, 0.15) is 40.3 Å². The van der Waals surface area contributed by atoms with Gasteiger partial charge in [0.2, 0.25) is 5.92 Å². The molecule has 0 aliphatic rings. The van der Waals surface area contributed by atoms with Crippen LogP contribution in [0, 0.1) is 0 Å². The molecule has 0 rings (SSSR count). The van der Waals surface area contributed by atoms with E-state index in [1.165, 1.54) is 6.92 Å². The second kappa shape index (κ2) is 18.2. The molecule has 0 aromatic heterocycles. The molecule has 0 aromatic carbocycles. The largest absolute Gasteiger partial charge is 0.458 e. The van der Waals surface area contributed by atoms with Gasteiger partial charge in [0.25, 0.3) is 0 Å². The summed E-state index contributed by atoms with van der Waals surface area (Å²) in [5, 5.41) is 4.81. The van der Waals surface area contributed by atoms with Gasteiger partial charge in [0, 0.05) is 25.7 Å². The number of hydrogen-bond donors (Lipinski definition) is 2. The first kappa shape index (κ1) is 44.1. The highest BCUT2D eigenvalue weighted by atomic mass is 19.3. The lowest BCUT2D eigenvalue weighted by Gasteiger charge is -2.27. The Morgan fingerprint density at radius 1 is 0.578 bits per heavy atom. The van der Waals surface area contributed by atoms with Crippen LogP contribution in [-0.2, 0) is 33.3 Å². The van der Waals surface area contributed by atoms with E-state index in [-0.39, 0.29) is 31.5 Å². The number of esters is 2. The third-order valence-corrected chi connectivity index (χ3v) is 5.19. The Morgan fingerprint density at radius 2 is 0.911 bits per heavy atom. The molecule has 0 spiro atoms. The molecule has 2 atom stereocenters. The Hall–Kier alpha value is -2.99. The maximum Gasteiger partial charge on any atom is 0.408 e. The Labute approximate surface area is 268 Å². The van der Waals surface area contributed by atoms with E-state index < -0.39 is 71.0 Å². The fourth-order valence-corrected chi connectivity index (χ4v) is 3.16. The molecular formula is C32H58F2N2O9. The van der Waals surface area contributed by atoms with Crippen LogP contribution < -0.4 is 10.6 Å². The normalized spacial score (nSPS) is 13.7. The zero-order valence-corrected chi connectivity index (χ0v) is 29.8. The van der Waals surface area contributed by atoms with Crippen LogP contribution >= 0.6 is 0 Å². The van der Waals surface area contributed by atoms with Crippen molar-refractivity contribution < 1.29 is 51.7 Å². The van der Waals surface area contributed by atoms with Crippen LogP contribution in [0.2, 0.25) is 0 Å². The molecule has 45 heavy (non-hydrogen) atoms. The molecule has 0 unspecified atom stereocenters. The molecule has 0 bridgehead atoms. The lowest BCUT2D eigenvalue weighted by atomic mass is 10.1. The summed E-state index contributed by atoms with van der Waals surface area (Å²) in [5.74, 6) is -4.19. The van der Waals surface area contributed by atoms with Gasteiger partial charge in [-0.25, -0.2) is 28.0 Å². The molecule has 264 valence electrons. The van der Waals surface area contributed by atoms with E-state index >= 15 is 0 Å². The average molecular weight is 653 g/mol. The van der Waals surface area contributed by atoms with E-state index in [1.54, 1.807) is 90.0 Å². The van der Waals surface area contributed by atoms with Gasteiger partial charge in [-0.2, -0.15) is 0 Å². The third-order valence-electron chi connectivity index (χ3n) is 5.19. The maximum atomic E-state index is 13.4. The SMILES string of the molecule is CCC(=O)CC[C@H](NC(=O)OC(C)(C)C)C(=O)OC(C)(C)C.CCC(F)(F)CC[C@H](NC(=O)OC(C)(C)C)C(=O)OC(C)(C)C. The Balaban J connectivity index is 0. The highest BCUT2D eigenvalue weighted by Gasteiger charge is 2.33. The van der Waals surface area contributed by atoms with Crippen molar-refractivity contribution in [3.8, 4) is 0 Å². The van der Waals surface area contributed by atoms with Gasteiger partial charge in [-0.1, -0.05) is 13.8 Å². The molecule has 2 amide bonds. The smallest absolute Gasteiger partial charge is 0.408 e. The van der Waals surface area contributed by atoms with Crippen molar-refractivity contribution in [2.45, 2.75) is 176 Å². The fourth-order valence-electron chi connectivity index (χ4n) is 3.16. The minimum absolute atomic E-state index is 0.0274. The summed E-state index contributed by atoms with van der Waals surface area (Å²) in [6.07, 6.45) is -1.83. The predicted molar refractivity (Wildman–Crippen MR) is 167 cm³/mol. The van der Waals surface area contributed by atoms with Crippen LogP contribution in [0.1, 0.15) is 135 Å². The second-order valence-electron chi connectivity index (χ2n) is 14.6. The zero-order valence-electron chi connectivity index (χ0n) is 29.8. The van der Waals surface area contributed by atoms with Crippen molar-refractivity contribution in [1.82, 2.24) is 10.6 Å². The minimum atomic E-state index is -2.89. The summed E-state index contributed by atoms with van der Waals surface area (Å²) in [4.78, 5) is 59.4. The molecule has 0 saturated heterocycles. The number of carbonyl (C=O) groups excluding carboxylic acids is 5. The van der Waals surface area contributed by atoms with Crippen molar-refractivity contribution in [3.63, 3.8) is 0 Å². The van der Waals surface area contributed by atoms with Gasteiger partial charge in [0.05, 0.1) is 0 Å². The van der Waals surface area contributed by atoms with Gasteiger partial charge in [-0.05, 0) is 95.9 Å². The first-order valence-electron chi connectivity index (χ1n) is 15.3. The molecule has 11 nitrogen and oxygen atoms in total. The number of ether oxygens (including phenoxy) is 4. The Bertz CT molecular complexity index is 973. The molecule has 13 heteroatoms. The molecule has 0 heterocycles. The number of nitrogens with one attached hydrogen (secondary N) is 2. The fraction of sp³-hybridized carbons (Fsp3) is 0.844. The van der Waals surface area contributed by atoms with Crippen molar-refractivity contribution in [1.29, 1.82) is 0 Å². The van der Waals surface area contributed by atoms with Crippen LogP contribution in [0.3, 0.4) is 0 Å². The molecule has 0 radical (unpaired) electrons. The first-order chi connectivity index (χ1) is 20.0. The lowest BCUT2D eigenvalue weighted by Crippen LogP contribution is -2.46. The number of hydrogen-bond acceptors (Lipinski definition) is 9. The van der Waals surface area contributed by atoms with Crippen molar-refractivity contribution in [2.75, 3.05) is 0 Å². The number of alkyl halides is 2. The summed E-state index contributed by atoms with van der Waals surface area (Å²) in [6, 6.07) is -2.08. The summed E-state index contributed by atoms with van der Waals surface area (Å²) < 4.78 is 47.5. The van der Waals surface area contributed by atoms with Crippen molar-refractivity contribution in [3.05, 3.63) is 0 Å². The zero-order chi connectivity index (χ0) is 36.0. The molecular weight excluding hydrogens is 594 g/mol. The van der Waals surface area contributed by atoms with Gasteiger partial charge >= 0.3 is 24.1 Å². The van der Waals surface area contributed by atoms with Gasteiger partial charge in [-0.15, -0.1) is 0 Å². The quantitative estimate of drug-likeness (QED) is 0.168. The van der Waals surface area contributed by atoms with Crippen LogP contribution in [0.25, 0.3) is 0 Å². The van der Waals surface area contributed by atoms with Crippen LogP contribution in [-0.4, -0.2) is 70.3 Å². The average Bonchev–Trinajstić information content (AvgIpc) is 2.79. The number of carbonyl (C=O) groups is 5. The molecule has 0 aromatic rings. The summed E-state index contributed by atoms with van der Waals surface area (Å²) >= 11 is 0. The number of rotatable bonds is 12. The number of halogens is 2. The standard InChI is InChI=1S/C16H29F2NO4.C16H29NO5/c1-8-16(17,18)10-9-11(12(20)22-14(2,3)4)19-13(21)23-15(5,6)7;1-8-11(18)9-10-12(13(19)21-15(2,3)4)17-14(20)22-16(5,6)7/h11H,8-10H2,1-7H3,(H,19,21);12H,8-10H2,1-7H3,(H,17,20)/t11-;12-/m00/s1. The van der Waals surface area contributed by atoms with Crippen LogP contribution in [0.15, 0.2) is 0 Å². The van der Waals surface area contributed by atoms with Crippen molar-refractivity contribution in [2.24, 2.45) is 0 Å². The van der Waals surface area contributed by atoms with E-state index in [4.69, 9.17) is 18.9 Å². The van der Waals surface area contributed by atoms with Gasteiger partial charge in [-0.3, -0.25) is 4.79 Å². The van der Waals surface area contributed by atoms with E-state index in [9.17, 15) is 32.8 Å².